The monoisotopic (exact) mass is 406 g/mol. The second-order valence-corrected chi connectivity index (χ2v) is 6.35. The highest BCUT2D eigenvalue weighted by Gasteiger charge is 2.14. The van der Waals surface area contributed by atoms with Crippen molar-refractivity contribution in [1.29, 1.82) is 0 Å². The lowest BCUT2D eigenvalue weighted by Crippen LogP contribution is -2.32. The first-order valence-electron chi connectivity index (χ1n) is 9.51. The molecule has 0 radical (unpaired) electrons. The molecule has 3 rings (SSSR count). The first kappa shape index (κ1) is 20.9. The lowest BCUT2D eigenvalue weighted by molar-refractivity contribution is -0.146. The summed E-state index contributed by atoms with van der Waals surface area (Å²) in [6.07, 6.45) is 0. The Hall–Kier alpha value is -3.87. The lowest BCUT2D eigenvalue weighted by Gasteiger charge is -2.11. The van der Waals surface area contributed by atoms with Crippen LogP contribution in [0.25, 0.3) is 10.8 Å². The summed E-state index contributed by atoms with van der Waals surface area (Å²) >= 11 is 0. The van der Waals surface area contributed by atoms with Gasteiger partial charge in [-0.2, -0.15) is 0 Å². The van der Waals surface area contributed by atoms with E-state index in [1.54, 1.807) is 30.3 Å². The molecule has 0 atom stereocenters. The molecule has 0 saturated heterocycles. The summed E-state index contributed by atoms with van der Waals surface area (Å²) in [7, 11) is 0. The molecule has 0 fully saturated rings. The van der Waals surface area contributed by atoms with Crippen LogP contribution in [0.2, 0.25) is 0 Å². The number of carbonyl (C=O) groups is 3. The molecular formula is C23H22N2O5. The topological polar surface area (TPSA) is 93.7 Å². The van der Waals surface area contributed by atoms with Crippen LogP contribution in [0.4, 0.5) is 5.69 Å². The van der Waals surface area contributed by atoms with Crippen molar-refractivity contribution < 1.29 is 23.9 Å². The van der Waals surface area contributed by atoms with Crippen molar-refractivity contribution in [2.24, 2.45) is 0 Å². The molecule has 0 aliphatic rings. The number of para-hydroxylation sites is 1. The summed E-state index contributed by atoms with van der Waals surface area (Å²) in [5.74, 6) is -1.21. The van der Waals surface area contributed by atoms with Crippen molar-refractivity contribution in [3.63, 3.8) is 0 Å². The van der Waals surface area contributed by atoms with Crippen LogP contribution in [0.5, 0.6) is 5.75 Å². The number of nitrogens with one attached hydrogen (secondary N) is 2. The zero-order valence-corrected chi connectivity index (χ0v) is 16.5. The molecule has 7 nitrogen and oxygen atoms in total. The summed E-state index contributed by atoms with van der Waals surface area (Å²) in [4.78, 5) is 36.3. The standard InChI is InChI=1S/C23H22N2O5/c1-2-29-20-13-6-5-11-18(20)23(28)24-14-22(27)30-15-21(26)25-19-12-7-9-16-8-3-4-10-17(16)19/h3-13H,2,14-15H2,1H3,(H,24,28)(H,25,26). The average Bonchev–Trinajstić information content (AvgIpc) is 2.77. The Morgan fingerprint density at radius 2 is 1.63 bits per heavy atom. The lowest BCUT2D eigenvalue weighted by atomic mass is 10.1. The van der Waals surface area contributed by atoms with Gasteiger partial charge in [-0.25, -0.2) is 0 Å². The highest BCUT2D eigenvalue weighted by Crippen LogP contribution is 2.22. The van der Waals surface area contributed by atoms with Gasteiger partial charge in [0.05, 0.1) is 12.2 Å². The predicted octanol–water partition coefficient (Wildman–Crippen LogP) is 3.15. The first-order valence-corrected chi connectivity index (χ1v) is 9.51. The highest BCUT2D eigenvalue weighted by atomic mass is 16.5. The van der Waals surface area contributed by atoms with Crippen LogP contribution in [0.1, 0.15) is 17.3 Å². The van der Waals surface area contributed by atoms with Gasteiger partial charge in [-0.3, -0.25) is 14.4 Å². The van der Waals surface area contributed by atoms with Crippen molar-refractivity contribution in [1.82, 2.24) is 5.32 Å². The summed E-state index contributed by atoms with van der Waals surface area (Å²) in [6, 6.07) is 19.9. The van der Waals surface area contributed by atoms with Crippen LogP contribution in [0.15, 0.2) is 66.7 Å². The third kappa shape index (κ3) is 5.35. The van der Waals surface area contributed by atoms with E-state index in [-0.39, 0.29) is 6.54 Å². The Morgan fingerprint density at radius 1 is 0.900 bits per heavy atom. The summed E-state index contributed by atoms with van der Waals surface area (Å²) < 4.78 is 10.4. The molecule has 0 bridgehead atoms. The second-order valence-electron chi connectivity index (χ2n) is 6.35. The van der Waals surface area contributed by atoms with Crippen LogP contribution in [0.3, 0.4) is 0 Å². The number of anilines is 1. The molecule has 0 heterocycles. The Balaban J connectivity index is 1.49. The van der Waals surface area contributed by atoms with Crippen molar-refractivity contribution in [3.8, 4) is 5.75 Å². The molecule has 0 saturated carbocycles. The van der Waals surface area contributed by atoms with Crippen LogP contribution in [0, 0.1) is 0 Å². The minimum atomic E-state index is -0.717. The Bertz CT molecular complexity index is 1060. The number of carbonyl (C=O) groups excluding carboxylic acids is 3. The van der Waals surface area contributed by atoms with E-state index in [0.29, 0.717) is 23.6 Å². The molecular weight excluding hydrogens is 384 g/mol. The minimum absolute atomic E-state index is 0.320. The molecule has 0 aliphatic carbocycles. The van der Waals surface area contributed by atoms with Gasteiger partial charge in [0.1, 0.15) is 12.3 Å². The van der Waals surface area contributed by atoms with E-state index in [1.165, 1.54) is 0 Å². The maximum absolute atomic E-state index is 12.3. The molecule has 7 heteroatoms. The van der Waals surface area contributed by atoms with Crippen molar-refractivity contribution in [2.45, 2.75) is 6.92 Å². The normalized spacial score (nSPS) is 10.3. The highest BCUT2D eigenvalue weighted by molar-refractivity contribution is 6.03. The fourth-order valence-electron chi connectivity index (χ4n) is 2.90. The second kappa shape index (κ2) is 10.1. The van der Waals surface area contributed by atoms with Gasteiger partial charge >= 0.3 is 5.97 Å². The van der Waals surface area contributed by atoms with E-state index >= 15 is 0 Å². The van der Waals surface area contributed by atoms with E-state index in [1.807, 2.05) is 43.3 Å². The van der Waals surface area contributed by atoms with Gasteiger partial charge in [-0.05, 0) is 30.5 Å². The van der Waals surface area contributed by atoms with Crippen molar-refractivity contribution in [2.75, 3.05) is 25.1 Å². The number of hydrogen-bond acceptors (Lipinski definition) is 5. The number of esters is 1. The quantitative estimate of drug-likeness (QED) is 0.561. The van der Waals surface area contributed by atoms with Crippen LogP contribution in [-0.4, -0.2) is 37.5 Å². The van der Waals surface area contributed by atoms with Crippen molar-refractivity contribution in [3.05, 3.63) is 72.3 Å². The average molecular weight is 406 g/mol. The van der Waals surface area contributed by atoms with Crippen LogP contribution in [-0.2, 0) is 14.3 Å². The maximum Gasteiger partial charge on any atom is 0.325 e. The van der Waals surface area contributed by atoms with Gasteiger partial charge in [0.15, 0.2) is 6.61 Å². The number of ether oxygens (including phenoxy) is 2. The fraction of sp³-hybridized carbons (Fsp3) is 0.174. The predicted molar refractivity (Wildman–Crippen MR) is 113 cm³/mol. The number of hydrogen-bond donors (Lipinski definition) is 2. The van der Waals surface area contributed by atoms with E-state index in [4.69, 9.17) is 9.47 Å². The van der Waals surface area contributed by atoms with Gasteiger partial charge in [0.25, 0.3) is 11.8 Å². The zero-order valence-electron chi connectivity index (χ0n) is 16.5. The first-order chi connectivity index (χ1) is 14.6. The van der Waals surface area contributed by atoms with Crippen molar-refractivity contribution >= 4 is 34.2 Å². The zero-order chi connectivity index (χ0) is 21.3. The van der Waals surface area contributed by atoms with Gasteiger partial charge in [-0.1, -0.05) is 48.5 Å². The Labute approximate surface area is 174 Å². The summed E-state index contributed by atoms with van der Waals surface area (Å²) in [5.41, 5.74) is 0.954. The van der Waals surface area contributed by atoms with Gasteiger partial charge in [0, 0.05) is 11.1 Å². The smallest absolute Gasteiger partial charge is 0.325 e. The molecule has 0 aromatic heterocycles. The fourth-order valence-corrected chi connectivity index (χ4v) is 2.90. The minimum Gasteiger partial charge on any atom is -0.493 e. The molecule has 0 spiro atoms. The van der Waals surface area contributed by atoms with Crippen LogP contribution >= 0.6 is 0 Å². The van der Waals surface area contributed by atoms with Gasteiger partial charge in [-0.15, -0.1) is 0 Å². The molecule has 3 aromatic carbocycles. The molecule has 0 aliphatic heterocycles. The SMILES string of the molecule is CCOc1ccccc1C(=O)NCC(=O)OCC(=O)Nc1cccc2ccccc12. The molecule has 0 unspecified atom stereocenters. The Morgan fingerprint density at radius 3 is 2.47 bits per heavy atom. The molecule has 3 aromatic rings. The number of amides is 2. The van der Waals surface area contributed by atoms with Gasteiger partial charge < -0.3 is 20.1 Å². The third-order valence-electron chi connectivity index (χ3n) is 4.25. The third-order valence-corrected chi connectivity index (χ3v) is 4.25. The summed E-state index contributed by atoms with van der Waals surface area (Å²) in [6.45, 7) is 1.42. The van der Waals surface area contributed by atoms with E-state index in [0.717, 1.165) is 10.8 Å². The van der Waals surface area contributed by atoms with E-state index in [9.17, 15) is 14.4 Å². The molecule has 30 heavy (non-hydrogen) atoms. The Kier molecular flexibility index (Phi) is 7.00. The molecule has 2 amide bonds. The number of fused-ring (bicyclic) bond motifs is 1. The van der Waals surface area contributed by atoms with Crippen LogP contribution < -0.4 is 15.4 Å². The van der Waals surface area contributed by atoms with Gasteiger partial charge in [0.2, 0.25) is 0 Å². The molecule has 154 valence electrons. The molecule has 2 N–H and O–H groups in total. The largest absolute Gasteiger partial charge is 0.493 e. The maximum atomic E-state index is 12.3. The van der Waals surface area contributed by atoms with E-state index in [2.05, 4.69) is 10.6 Å². The summed E-state index contributed by atoms with van der Waals surface area (Å²) in [5, 5.41) is 7.08. The number of rotatable bonds is 8. The number of benzene rings is 3. The van der Waals surface area contributed by atoms with E-state index < -0.39 is 24.4 Å².